The second-order valence-electron chi connectivity index (χ2n) is 6.98. The number of hydrogen-bond donors (Lipinski definition) is 1. The van der Waals surface area contributed by atoms with Gasteiger partial charge in [0.2, 0.25) is 0 Å². The van der Waals surface area contributed by atoms with E-state index in [1.807, 2.05) is 42.1 Å². The number of aliphatic hydroxyl groups is 1. The van der Waals surface area contributed by atoms with Gasteiger partial charge in [-0.2, -0.15) is 11.8 Å². The van der Waals surface area contributed by atoms with Gasteiger partial charge in [0, 0.05) is 24.8 Å². The molecule has 3 rings (SSSR count). The molecule has 2 aromatic carbocycles. The normalized spacial score (nSPS) is 19.4. The molecule has 1 heterocycles. The fourth-order valence-electron chi connectivity index (χ4n) is 3.41. The summed E-state index contributed by atoms with van der Waals surface area (Å²) < 4.78 is 5.81. The Morgan fingerprint density at radius 1 is 1.18 bits per heavy atom. The summed E-state index contributed by atoms with van der Waals surface area (Å²) in [7, 11) is 0. The van der Waals surface area contributed by atoms with Gasteiger partial charge in [-0.25, -0.2) is 0 Å². The summed E-state index contributed by atoms with van der Waals surface area (Å²) in [6, 6.07) is 18.2. The standard InChI is InChI=1S/C22H27NO4S/c24-21-15-23(22(25)26)12-11-20(21)18-7-9-19(10-8-18)27-13-4-14-28-16-17-5-2-1-3-6-17/h1-3,5-10,20-21,24H,4,11-16H2,(H,25,26)/p-1. The summed E-state index contributed by atoms with van der Waals surface area (Å²) in [5.74, 6) is 2.84. The summed E-state index contributed by atoms with van der Waals surface area (Å²) in [6.45, 7) is 1.17. The molecule has 1 N–H and O–H groups in total. The Kier molecular flexibility index (Phi) is 7.62. The smallest absolute Gasteiger partial charge is 0.137 e. The van der Waals surface area contributed by atoms with Crippen molar-refractivity contribution in [3.8, 4) is 5.75 Å². The Bertz CT molecular complexity index is 738. The topological polar surface area (TPSA) is 72.8 Å². The summed E-state index contributed by atoms with van der Waals surface area (Å²) in [4.78, 5) is 12.1. The number of piperidine rings is 1. The van der Waals surface area contributed by atoms with Crippen LogP contribution in [0.15, 0.2) is 54.6 Å². The van der Waals surface area contributed by atoms with Crippen molar-refractivity contribution in [2.75, 3.05) is 25.4 Å². The van der Waals surface area contributed by atoms with Crippen LogP contribution in [0.5, 0.6) is 5.75 Å². The van der Waals surface area contributed by atoms with Crippen LogP contribution < -0.4 is 9.84 Å². The number of carboxylic acid groups (broad SMARTS) is 1. The third-order valence-corrected chi connectivity index (χ3v) is 6.08. The lowest BCUT2D eigenvalue weighted by atomic mass is 9.87. The molecule has 1 amide bonds. The summed E-state index contributed by atoms with van der Waals surface area (Å²) in [5, 5.41) is 21.2. The van der Waals surface area contributed by atoms with E-state index in [1.54, 1.807) is 0 Å². The maximum atomic E-state index is 10.9. The van der Waals surface area contributed by atoms with Crippen molar-refractivity contribution in [2.24, 2.45) is 0 Å². The van der Waals surface area contributed by atoms with Gasteiger partial charge < -0.3 is 24.6 Å². The summed E-state index contributed by atoms with van der Waals surface area (Å²) >= 11 is 1.91. The summed E-state index contributed by atoms with van der Waals surface area (Å²) in [6.07, 6.45) is -0.351. The van der Waals surface area contributed by atoms with E-state index in [9.17, 15) is 15.0 Å². The maximum absolute atomic E-state index is 10.9. The van der Waals surface area contributed by atoms with Crippen LogP contribution in [0.1, 0.15) is 29.9 Å². The average molecular weight is 401 g/mol. The van der Waals surface area contributed by atoms with Crippen LogP contribution in [-0.2, 0) is 5.75 Å². The number of hydrogen-bond acceptors (Lipinski definition) is 5. The number of aliphatic hydroxyl groups excluding tert-OH is 1. The molecule has 2 unspecified atom stereocenters. The van der Waals surface area contributed by atoms with Crippen molar-refractivity contribution in [3.63, 3.8) is 0 Å². The molecule has 150 valence electrons. The Labute approximate surface area is 170 Å². The molecule has 2 atom stereocenters. The number of likely N-dealkylation sites (tertiary alicyclic amines) is 1. The highest BCUT2D eigenvalue weighted by Crippen LogP contribution is 2.29. The first-order chi connectivity index (χ1) is 13.6. The second-order valence-corrected chi connectivity index (χ2v) is 8.09. The molecule has 0 bridgehead atoms. The number of β-amino-alcohol motifs (C(OH)–C–C–N with tert-alkyl or cyclic N) is 1. The zero-order chi connectivity index (χ0) is 19.8. The predicted molar refractivity (Wildman–Crippen MR) is 109 cm³/mol. The van der Waals surface area contributed by atoms with Crippen LogP contribution in [-0.4, -0.2) is 47.7 Å². The molecule has 1 aliphatic rings. The number of rotatable bonds is 8. The van der Waals surface area contributed by atoms with Crippen molar-refractivity contribution in [1.29, 1.82) is 0 Å². The number of nitrogens with zero attached hydrogens (tertiary/aromatic N) is 1. The summed E-state index contributed by atoms with van der Waals surface area (Å²) in [5.41, 5.74) is 2.35. The van der Waals surface area contributed by atoms with E-state index in [0.717, 1.165) is 34.1 Å². The van der Waals surface area contributed by atoms with Crippen LogP contribution in [0.2, 0.25) is 0 Å². The van der Waals surface area contributed by atoms with Gasteiger partial charge in [0.25, 0.3) is 0 Å². The Hall–Kier alpha value is -2.18. The molecule has 1 fully saturated rings. The molecule has 0 aromatic heterocycles. The third-order valence-electron chi connectivity index (χ3n) is 4.96. The minimum absolute atomic E-state index is 0.0564. The fraction of sp³-hybridized carbons (Fsp3) is 0.409. The van der Waals surface area contributed by atoms with Crippen molar-refractivity contribution >= 4 is 17.9 Å². The number of carbonyl (C=O) groups is 1. The second kappa shape index (κ2) is 10.4. The predicted octanol–water partition coefficient (Wildman–Crippen LogP) is 2.88. The van der Waals surface area contributed by atoms with Gasteiger partial charge in [-0.15, -0.1) is 0 Å². The van der Waals surface area contributed by atoms with Crippen molar-refractivity contribution in [1.82, 2.24) is 4.90 Å². The molecule has 1 aliphatic heterocycles. The minimum atomic E-state index is -1.22. The molecule has 5 nitrogen and oxygen atoms in total. The van der Waals surface area contributed by atoms with Gasteiger partial charge in [0.15, 0.2) is 0 Å². The van der Waals surface area contributed by atoms with Gasteiger partial charge in [-0.05, 0) is 41.9 Å². The van der Waals surface area contributed by atoms with Gasteiger partial charge in [0.05, 0.1) is 12.7 Å². The average Bonchev–Trinajstić information content (AvgIpc) is 2.72. The molecule has 28 heavy (non-hydrogen) atoms. The van der Waals surface area contributed by atoms with E-state index in [4.69, 9.17) is 4.74 Å². The van der Waals surface area contributed by atoms with Crippen molar-refractivity contribution in [2.45, 2.75) is 30.6 Å². The quantitative estimate of drug-likeness (QED) is 0.690. The van der Waals surface area contributed by atoms with E-state index in [0.29, 0.717) is 19.6 Å². The van der Waals surface area contributed by atoms with Crippen molar-refractivity contribution in [3.05, 3.63) is 65.7 Å². The van der Waals surface area contributed by atoms with Crippen LogP contribution in [0.4, 0.5) is 4.79 Å². The number of thioether (sulfide) groups is 1. The lowest BCUT2D eigenvalue weighted by Gasteiger charge is -2.37. The molecule has 0 saturated carbocycles. The molecule has 0 aliphatic carbocycles. The molecule has 0 radical (unpaired) electrons. The minimum Gasteiger partial charge on any atom is -0.530 e. The lowest BCUT2D eigenvalue weighted by Crippen LogP contribution is -2.50. The number of amides is 1. The van der Waals surface area contributed by atoms with E-state index in [1.165, 1.54) is 5.56 Å². The fourth-order valence-corrected chi connectivity index (χ4v) is 4.31. The van der Waals surface area contributed by atoms with E-state index in [2.05, 4.69) is 24.3 Å². The molecular formula is C22H26NO4S-. The number of carbonyl (C=O) groups excluding carboxylic acids is 1. The van der Waals surface area contributed by atoms with Gasteiger partial charge in [-0.1, -0.05) is 42.5 Å². The Morgan fingerprint density at radius 3 is 2.61 bits per heavy atom. The maximum Gasteiger partial charge on any atom is 0.137 e. The molecule has 1 saturated heterocycles. The van der Waals surface area contributed by atoms with E-state index >= 15 is 0 Å². The highest BCUT2D eigenvalue weighted by Gasteiger charge is 2.28. The van der Waals surface area contributed by atoms with Gasteiger partial charge in [0.1, 0.15) is 11.8 Å². The Balaban J connectivity index is 1.37. The molecular weight excluding hydrogens is 374 g/mol. The van der Waals surface area contributed by atoms with Crippen LogP contribution in [0.25, 0.3) is 0 Å². The van der Waals surface area contributed by atoms with Gasteiger partial charge >= 0.3 is 0 Å². The van der Waals surface area contributed by atoms with E-state index < -0.39 is 12.2 Å². The number of ether oxygens (including phenoxy) is 1. The monoisotopic (exact) mass is 400 g/mol. The highest BCUT2D eigenvalue weighted by atomic mass is 32.2. The zero-order valence-corrected chi connectivity index (χ0v) is 16.6. The zero-order valence-electron chi connectivity index (χ0n) is 15.8. The molecule has 2 aromatic rings. The SMILES string of the molecule is O=C([O-])N1CCC(c2ccc(OCCCSCc3ccccc3)cc2)C(O)C1. The van der Waals surface area contributed by atoms with E-state index in [-0.39, 0.29) is 12.5 Å². The molecule has 6 heteroatoms. The lowest BCUT2D eigenvalue weighted by molar-refractivity contribution is -0.268. The van der Waals surface area contributed by atoms with Crippen LogP contribution >= 0.6 is 11.8 Å². The van der Waals surface area contributed by atoms with Crippen molar-refractivity contribution < 1.29 is 19.7 Å². The first-order valence-electron chi connectivity index (χ1n) is 9.62. The van der Waals surface area contributed by atoms with Crippen LogP contribution in [0.3, 0.4) is 0 Å². The third kappa shape index (κ3) is 5.91. The largest absolute Gasteiger partial charge is 0.530 e. The highest BCUT2D eigenvalue weighted by molar-refractivity contribution is 7.98. The van der Waals surface area contributed by atoms with Gasteiger partial charge in [-0.3, -0.25) is 0 Å². The van der Waals surface area contributed by atoms with Crippen LogP contribution in [0, 0.1) is 0 Å². The number of benzene rings is 2. The first-order valence-corrected chi connectivity index (χ1v) is 10.8. The Morgan fingerprint density at radius 2 is 1.93 bits per heavy atom. The molecule has 0 spiro atoms. The first kappa shape index (κ1) is 20.6.